The third-order valence-electron chi connectivity index (χ3n) is 3.38. The summed E-state index contributed by atoms with van der Waals surface area (Å²) in [6, 6.07) is 0.478. The zero-order valence-electron chi connectivity index (χ0n) is 10.9. The number of carbonyl (C=O) groups excluding carboxylic acids is 1. The van der Waals surface area contributed by atoms with Crippen molar-refractivity contribution in [1.29, 1.82) is 0 Å². The minimum Gasteiger partial charge on any atom is -0.464 e. The monoisotopic (exact) mass is 249 g/mol. The van der Waals surface area contributed by atoms with Crippen LogP contribution in [0.25, 0.3) is 0 Å². The molecule has 0 N–H and O–H groups in total. The number of methoxy groups -OCH3 is 1. The Labute approximate surface area is 107 Å². The molecule has 0 bridgehead atoms. The Balaban J connectivity index is 2.15. The molecule has 1 unspecified atom stereocenters. The predicted molar refractivity (Wildman–Crippen MR) is 68.6 cm³/mol. The van der Waals surface area contributed by atoms with E-state index in [2.05, 4.69) is 26.5 Å². The second kappa shape index (κ2) is 5.80. The summed E-state index contributed by atoms with van der Waals surface area (Å²) in [5, 5.41) is 0. The molecule has 1 atom stereocenters. The van der Waals surface area contributed by atoms with Crippen LogP contribution in [0, 0.1) is 0 Å². The first-order chi connectivity index (χ1) is 8.72. The maximum atomic E-state index is 11.3. The van der Waals surface area contributed by atoms with Crippen LogP contribution in [-0.4, -0.2) is 35.6 Å². The Bertz CT molecular complexity index is 405. The molecule has 0 aliphatic carbocycles. The minimum absolute atomic E-state index is 0.253. The van der Waals surface area contributed by atoms with Gasteiger partial charge >= 0.3 is 5.97 Å². The average molecular weight is 249 g/mol. The summed E-state index contributed by atoms with van der Waals surface area (Å²) in [6.45, 7) is 3.22. The molecule has 1 aromatic heterocycles. The molecule has 2 rings (SSSR count). The quantitative estimate of drug-likeness (QED) is 0.751. The van der Waals surface area contributed by atoms with E-state index in [1.54, 1.807) is 6.20 Å². The molecule has 0 saturated carbocycles. The Morgan fingerprint density at radius 1 is 1.33 bits per heavy atom. The first-order valence-electron chi connectivity index (χ1n) is 6.39. The van der Waals surface area contributed by atoms with Gasteiger partial charge in [-0.25, -0.2) is 14.8 Å². The van der Waals surface area contributed by atoms with Gasteiger partial charge in [0.05, 0.1) is 19.5 Å². The van der Waals surface area contributed by atoms with Gasteiger partial charge in [-0.1, -0.05) is 12.8 Å². The maximum absolute atomic E-state index is 11.3. The van der Waals surface area contributed by atoms with Gasteiger partial charge in [-0.2, -0.15) is 0 Å². The van der Waals surface area contributed by atoms with Crippen molar-refractivity contribution in [1.82, 2.24) is 9.97 Å². The van der Waals surface area contributed by atoms with Crippen molar-refractivity contribution < 1.29 is 9.53 Å². The largest absolute Gasteiger partial charge is 0.464 e. The highest BCUT2D eigenvalue weighted by molar-refractivity contribution is 5.86. The number of aromatic nitrogens is 2. The van der Waals surface area contributed by atoms with E-state index < -0.39 is 5.97 Å². The molecule has 2 heterocycles. The van der Waals surface area contributed by atoms with E-state index in [1.807, 2.05) is 0 Å². The highest BCUT2D eigenvalue weighted by Gasteiger charge is 2.19. The molecular formula is C13H19N3O2. The Kier molecular flexibility index (Phi) is 4.12. The third-order valence-corrected chi connectivity index (χ3v) is 3.38. The van der Waals surface area contributed by atoms with E-state index in [-0.39, 0.29) is 5.69 Å². The summed E-state index contributed by atoms with van der Waals surface area (Å²) in [7, 11) is 1.34. The van der Waals surface area contributed by atoms with E-state index in [0.29, 0.717) is 6.04 Å². The van der Waals surface area contributed by atoms with E-state index >= 15 is 0 Å². The van der Waals surface area contributed by atoms with Gasteiger partial charge in [0.1, 0.15) is 5.82 Å². The highest BCUT2D eigenvalue weighted by atomic mass is 16.5. The van der Waals surface area contributed by atoms with Crippen molar-refractivity contribution in [3.8, 4) is 0 Å². The molecule has 1 saturated heterocycles. The maximum Gasteiger partial charge on any atom is 0.358 e. The Hall–Kier alpha value is -1.65. The van der Waals surface area contributed by atoms with Gasteiger partial charge in [-0.15, -0.1) is 0 Å². The van der Waals surface area contributed by atoms with E-state index in [4.69, 9.17) is 0 Å². The fourth-order valence-corrected chi connectivity index (χ4v) is 2.29. The van der Waals surface area contributed by atoms with Gasteiger partial charge in [0.15, 0.2) is 5.69 Å². The molecule has 1 aliphatic heterocycles. The lowest BCUT2D eigenvalue weighted by Gasteiger charge is -2.27. The van der Waals surface area contributed by atoms with Crippen LogP contribution in [0.4, 0.5) is 5.82 Å². The first-order valence-corrected chi connectivity index (χ1v) is 6.39. The number of nitrogens with zero attached hydrogens (tertiary/aromatic N) is 3. The Morgan fingerprint density at radius 3 is 2.83 bits per heavy atom. The normalized spacial score (nSPS) is 20.3. The smallest absolute Gasteiger partial charge is 0.358 e. The summed E-state index contributed by atoms with van der Waals surface area (Å²) in [5.74, 6) is 0.398. The molecule has 18 heavy (non-hydrogen) atoms. The molecule has 5 heteroatoms. The molecule has 1 aliphatic rings. The van der Waals surface area contributed by atoms with Gasteiger partial charge in [-0.05, 0) is 19.8 Å². The van der Waals surface area contributed by atoms with Crippen LogP contribution in [0.15, 0.2) is 12.4 Å². The standard InChI is InChI=1S/C13H19N3O2/c1-10-6-4-3-5-7-16(10)12-9-14-11(8-15-12)13(17)18-2/h8-10H,3-7H2,1-2H3. The van der Waals surface area contributed by atoms with E-state index in [9.17, 15) is 4.79 Å². The van der Waals surface area contributed by atoms with E-state index in [1.165, 1.54) is 39.0 Å². The lowest BCUT2D eigenvalue weighted by atomic mass is 10.1. The van der Waals surface area contributed by atoms with Crippen molar-refractivity contribution in [2.75, 3.05) is 18.6 Å². The fourth-order valence-electron chi connectivity index (χ4n) is 2.29. The van der Waals surface area contributed by atoms with Crippen LogP contribution in [0.3, 0.4) is 0 Å². The number of anilines is 1. The Morgan fingerprint density at radius 2 is 2.17 bits per heavy atom. The lowest BCUT2D eigenvalue weighted by Crippen LogP contribution is -2.33. The number of hydrogen-bond donors (Lipinski definition) is 0. The number of hydrogen-bond acceptors (Lipinski definition) is 5. The van der Waals surface area contributed by atoms with Crippen molar-refractivity contribution in [2.24, 2.45) is 0 Å². The highest BCUT2D eigenvalue weighted by Crippen LogP contribution is 2.21. The molecule has 1 aromatic rings. The molecular weight excluding hydrogens is 230 g/mol. The van der Waals surface area contributed by atoms with Gasteiger partial charge in [0, 0.05) is 12.6 Å². The molecule has 0 radical (unpaired) electrons. The van der Waals surface area contributed by atoms with Crippen LogP contribution >= 0.6 is 0 Å². The summed E-state index contributed by atoms with van der Waals surface area (Å²) < 4.78 is 4.61. The van der Waals surface area contributed by atoms with Crippen LogP contribution in [0.2, 0.25) is 0 Å². The van der Waals surface area contributed by atoms with Gasteiger partial charge in [-0.3, -0.25) is 0 Å². The van der Waals surface area contributed by atoms with Crippen molar-refractivity contribution in [3.63, 3.8) is 0 Å². The van der Waals surface area contributed by atoms with Crippen LogP contribution in [0.5, 0.6) is 0 Å². The lowest BCUT2D eigenvalue weighted by molar-refractivity contribution is 0.0593. The molecule has 0 amide bonds. The van der Waals surface area contributed by atoms with Gasteiger partial charge in [0.25, 0.3) is 0 Å². The number of rotatable bonds is 2. The fraction of sp³-hybridized carbons (Fsp3) is 0.615. The van der Waals surface area contributed by atoms with Gasteiger partial charge in [0.2, 0.25) is 0 Å². The summed E-state index contributed by atoms with van der Waals surface area (Å²) >= 11 is 0. The molecule has 98 valence electrons. The van der Waals surface area contributed by atoms with Crippen molar-refractivity contribution in [2.45, 2.75) is 38.6 Å². The number of esters is 1. The zero-order chi connectivity index (χ0) is 13.0. The first kappa shape index (κ1) is 12.8. The van der Waals surface area contributed by atoms with Crippen LogP contribution < -0.4 is 4.90 Å². The zero-order valence-corrected chi connectivity index (χ0v) is 10.9. The molecule has 0 spiro atoms. The SMILES string of the molecule is COC(=O)c1cnc(N2CCCCCC2C)cn1. The summed E-state index contributed by atoms with van der Waals surface area (Å²) in [5.41, 5.74) is 0.253. The van der Waals surface area contributed by atoms with E-state index in [0.717, 1.165) is 12.4 Å². The average Bonchev–Trinajstić information content (AvgIpc) is 2.63. The number of carbonyl (C=O) groups is 1. The predicted octanol–water partition coefficient (Wildman–Crippen LogP) is 2.03. The second-order valence-electron chi connectivity index (χ2n) is 4.64. The van der Waals surface area contributed by atoms with Crippen LogP contribution in [-0.2, 0) is 4.74 Å². The van der Waals surface area contributed by atoms with Gasteiger partial charge < -0.3 is 9.64 Å². The minimum atomic E-state index is -0.446. The molecule has 1 fully saturated rings. The van der Waals surface area contributed by atoms with Crippen LogP contribution in [0.1, 0.15) is 43.1 Å². The second-order valence-corrected chi connectivity index (χ2v) is 4.64. The summed E-state index contributed by atoms with van der Waals surface area (Å²) in [6.07, 6.45) is 8.05. The summed E-state index contributed by atoms with van der Waals surface area (Å²) in [4.78, 5) is 22.0. The third kappa shape index (κ3) is 2.78. The van der Waals surface area contributed by atoms with Crippen molar-refractivity contribution >= 4 is 11.8 Å². The molecule has 0 aromatic carbocycles. The topological polar surface area (TPSA) is 55.3 Å². The van der Waals surface area contributed by atoms with Crippen molar-refractivity contribution in [3.05, 3.63) is 18.1 Å². The molecule has 5 nitrogen and oxygen atoms in total. The number of ether oxygens (including phenoxy) is 1.